The van der Waals surface area contributed by atoms with E-state index >= 15 is 0 Å². The number of aromatic nitrogens is 2. The summed E-state index contributed by atoms with van der Waals surface area (Å²) in [5.41, 5.74) is 1.90. The van der Waals surface area contributed by atoms with Gasteiger partial charge in [0.05, 0.1) is 11.1 Å². The van der Waals surface area contributed by atoms with E-state index in [1.807, 2.05) is 0 Å². The zero-order valence-electron chi connectivity index (χ0n) is 17.6. The number of amides is 1. The highest BCUT2D eigenvalue weighted by Crippen LogP contribution is 2.27. The van der Waals surface area contributed by atoms with Crippen molar-refractivity contribution in [3.05, 3.63) is 94.2 Å². The molecule has 0 bridgehead atoms. The number of hydrogen-bond acceptors (Lipinski definition) is 2. The first-order valence-electron chi connectivity index (χ1n) is 10.6. The number of halogens is 3. The van der Waals surface area contributed by atoms with Crippen LogP contribution in [0.4, 0.5) is 13.2 Å². The van der Waals surface area contributed by atoms with E-state index in [0.717, 1.165) is 12.6 Å². The van der Waals surface area contributed by atoms with Crippen molar-refractivity contribution in [1.29, 1.82) is 0 Å². The van der Waals surface area contributed by atoms with Gasteiger partial charge in [-0.1, -0.05) is 6.42 Å². The molecule has 0 atom stereocenters. The monoisotopic (exact) mass is 453 g/mol. The molecule has 33 heavy (non-hydrogen) atoms. The smallest absolute Gasteiger partial charge is 0.252 e. The lowest BCUT2D eigenvalue weighted by molar-refractivity contribution is 0.0938. The Morgan fingerprint density at radius 1 is 0.970 bits per heavy atom. The molecule has 5 rings (SSSR count). The quantitative estimate of drug-likeness (QED) is 0.399. The van der Waals surface area contributed by atoms with Crippen LogP contribution in [0.2, 0.25) is 0 Å². The zero-order valence-corrected chi connectivity index (χ0v) is 17.6. The first kappa shape index (κ1) is 22.4. The van der Waals surface area contributed by atoms with Crippen molar-refractivity contribution in [3.8, 4) is 11.3 Å². The summed E-state index contributed by atoms with van der Waals surface area (Å²) in [7, 11) is 0. The Bertz CT molecular complexity index is 1300. The largest absolute Gasteiger partial charge is 0.352 e. The second kappa shape index (κ2) is 9.77. The lowest BCUT2D eigenvalue weighted by atomic mass is 9.85. The number of pyridine rings is 1. The molecule has 0 aliphatic heterocycles. The highest BCUT2D eigenvalue weighted by Gasteiger charge is 2.18. The molecule has 0 radical (unpaired) electrons. The van der Waals surface area contributed by atoms with E-state index in [1.165, 1.54) is 55.8 Å². The van der Waals surface area contributed by atoms with Crippen LogP contribution in [-0.4, -0.2) is 22.4 Å². The maximum Gasteiger partial charge on any atom is 0.252 e. The van der Waals surface area contributed by atoms with Crippen molar-refractivity contribution in [2.45, 2.75) is 19.3 Å². The van der Waals surface area contributed by atoms with Crippen molar-refractivity contribution < 1.29 is 18.0 Å². The van der Waals surface area contributed by atoms with E-state index in [4.69, 9.17) is 0 Å². The maximum atomic E-state index is 13.5. The number of hydrogen-bond donors (Lipinski definition) is 3. The standard InChI is InChI=1S/C14H8F3N.C11H14N2O2/c15-10-3-1-8(2-4-10)13-6-9-5-11(16)7-12(17)14(9)18-13;14-10-5-4-9(7-12-10)11(15)13-6-8-2-1-3-8/h1-7,18H;4-5,7-8H,1-3,6H2,(H,12,14)(H,13,15). The fourth-order valence-electron chi connectivity index (χ4n) is 3.54. The molecular formula is C25H22F3N3O2. The molecule has 4 aromatic rings. The van der Waals surface area contributed by atoms with Gasteiger partial charge in [0, 0.05) is 36.0 Å². The number of carbonyl (C=O) groups is 1. The number of carbonyl (C=O) groups excluding carboxylic acids is 1. The molecule has 2 aromatic heterocycles. The van der Waals surface area contributed by atoms with E-state index in [-0.39, 0.29) is 22.8 Å². The zero-order chi connectivity index (χ0) is 23.4. The topological polar surface area (TPSA) is 77.8 Å². The predicted molar refractivity (Wildman–Crippen MR) is 120 cm³/mol. The Morgan fingerprint density at radius 3 is 2.36 bits per heavy atom. The van der Waals surface area contributed by atoms with Crippen LogP contribution < -0.4 is 10.9 Å². The van der Waals surface area contributed by atoms with E-state index < -0.39 is 11.6 Å². The molecule has 1 saturated carbocycles. The van der Waals surface area contributed by atoms with E-state index in [2.05, 4.69) is 15.3 Å². The lowest BCUT2D eigenvalue weighted by Crippen LogP contribution is -2.32. The third kappa shape index (κ3) is 5.52. The third-order valence-corrected chi connectivity index (χ3v) is 5.62. The molecule has 0 unspecified atom stereocenters. The normalized spacial score (nSPS) is 13.2. The van der Waals surface area contributed by atoms with E-state index in [9.17, 15) is 22.8 Å². The summed E-state index contributed by atoms with van der Waals surface area (Å²) < 4.78 is 39.4. The Morgan fingerprint density at radius 2 is 1.73 bits per heavy atom. The second-order valence-corrected chi connectivity index (χ2v) is 7.99. The van der Waals surface area contributed by atoms with Gasteiger partial charge in [-0.3, -0.25) is 9.59 Å². The molecule has 170 valence electrons. The fourth-order valence-corrected chi connectivity index (χ4v) is 3.54. The number of nitrogens with one attached hydrogen (secondary N) is 3. The molecule has 1 fully saturated rings. The Balaban J connectivity index is 0.000000160. The van der Waals surface area contributed by atoms with Crippen molar-refractivity contribution in [3.63, 3.8) is 0 Å². The molecule has 3 N–H and O–H groups in total. The molecule has 1 aliphatic carbocycles. The van der Waals surface area contributed by atoms with Gasteiger partial charge in [0.2, 0.25) is 5.56 Å². The van der Waals surface area contributed by atoms with Crippen LogP contribution in [0.5, 0.6) is 0 Å². The minimum Gasteiger partial charge on any atom is -0.352 e. The number of H-pyrrole nitrogens is 2. The predicted octanol–water partition coefficient (Wildman–Crippen LogP) is 5.16. The molecule has 2 heterocycles. The Labute approximate surface area is 187 Å². The molecular weight excluding hydrogens is 431 g/mol. The number of aromatic amines is 2. The number of rotatable bonds is 4. The summed E-state index contributed by atoms with van der Waals surface area (Å²) in [5.74, 6) is -1.06. The van der Waals surface area contributed by atoms with Crippen molar-refractivity contribution >= 4 is 16.8 Å². The van der Waals surface area contributed by atoms with Gasteiger partial charge < -0.3 is 15.3 Å². The molecule has 0 spiro atoms. The van der Waals surface area contributed by atoms with Crippen molar-refractivity contribution in [2.75, 3.05) is 6.54 Å². The molecule has 1 aliphatic rings. The average molecular weight is 453 g/mol. The van der Waals surface area contributed by atoms with Crippen LogP contribution in [0.25, 0.3) is 22.2 Å². The van der Waals surface area contributed by atoms with Gasteiger partial charge in [-0.15, -0.1) is 0 Å². The summed E-state index contributed by atoms with van der Waals surface area (Å²) >= 11 is 0. The number of benzene rings is 2. The Hall–Kier alpha value is -3.81. The van der Waals surface area contributed by atoms with Gasteiger partial charge >= 0.3 is 0 Å². The fraction of sp³-hybridized carbons (Fsp3) is 0.200. The summed E-state index contributed by atoms with van der Waals surface area (Å²) in [4.78, 5) is 27.7. The van der Waals surface area contributed by atoms with Crippen LogP contribution in [-0.2, 0) is 0 Å². The van der Waals surface area contributed by atoms with Crippen LogP contribution >= 0.6 is 0 Å². The van der Waals surface area contributed by atoms with E-state index in [0.29, 0.717) is 28.1 Å². The maximum absolute atomic E-state index is 13.5. The summed E-state index contributed by atoms with van der Waals surface area (Å²) in [6.45, 7) is 0.748. The van der Waals surface area contributed by atoms with Gasteiger partial charge in [0.25, 0.3) is 5.91 Å². The van der Waals surface area contributed by atoms with Crippen LogP contribution in [0, 0.1) is 23.4 Å². The van der Waals surface area contributed by atoms with Gasteiger partial charge in [0.15, 0.2) is 0 Å². The molecule has 8 heteroatoms. The van der Waals surface area contributed by atoms with Crippen molar-refractivity contribution in [2.24, 2.45) is 5.92 Å². The van der Waals surface area contributed by atoms with Gasteiger partial charge in [-0.05, 0) is 66.8 Å². The second-order valence-electron chi connectivity index (χ2n) is 7.99. The van der Waals surface area contributed by atoms with Gasteiger partial charge in [-0.2, -0.15) is 0 Å². The SMILES string of the molecule is Fc1ccc(-c2cc3cc(F)cc(F)c3[nH]2)cc1.O=C(NCC1CCC1)c1ccc(=O)[nH]c1. The molecule has 1 amide bonds. The third-order valence-electron chi connectivity index (χ3n) is 5.62. The highest BCUT2D eigenvalue weighted by molar-refractivity contribution is 5.93. The average Bonchev–Trinajstić information content (AvgIpc) is 3.18. The number of fused-ring (bicyclic) bond motifs is 1. The van der Waals surface area contributed by atoms with Gasteiger partial charge in [-0.25, -0.2) is 13.2 Å². The summed E-state index contributed by atoms with van der Waals surface area (Å²) in [5, 5.41) is 3.31. The minimum atomic E-state index is -0.640. The lowest BCUT2D eigenvalue weighted by Gasteiger charge is -2.25. The summed E-state index contributed by atoms with van der Waals surface area (Å²) in [6, 6.07) is 12.4. The molecule has 5 nitrogen and oxygen atoms in total. The first-order valence-corrected chi connectivity index (χ1v) is 10.6. The van der Waals surface area contributed by atoms with Crippen molar-refractivity contribution in [1.82, 2.24) is 15.3 Å². The highest BCUT2D eigenvalue weighted by atomic mass is 19.1. The molecule has 0 saturated heterocycles. The summed E-state index contributed by atoms with van der Waals surface area (Å²) in [6.07, 6.45) is 5.15. The van der Waals surface area contributed by atoms with Crippen LogP contribution in [0.3, 0.4) is 0 Å². The first-order chi connectivity index (χ1) is 15.9. The van der Waals surface area contributed by atoms with E-state index in [1.54, 1.807) is 18.2 Å². The van der Waals surface area contributed by atoms with Crippen LogP contribution in [0.15, 0.2) is 65.6 Å². The van der Waals surface area contributed by atoms with Gasteiger partial charge in [0.1, 0.15) is 17.5 Å². The molecule has 2 aromatic carbocycles. The Kier molecular flexibility index (Phi) is 6.63. The minimum absolute atomic E-state index is 0.113. The van der Waals surface area contributed by atoms with Crippen LogP contribution in [0.1, 0.15) is 29.6 Å².